The molecule has 176 valence electrons. The highest BCUT2D eigenvalue weighted by Gasteiger charge is 2.47. The van der Waals surface area contributed by atoms with Crippen LogP contribution in [0.5, 0.6) is 0 Å². The summed E-state index contributed by atoms with van der Waals surface area (Å²) in [5, 5.41) is 3.41. The molecule has 34 heavy (non-hydrogen) atoms. The number of piperidine rings is 3. The zero-order chi connectivity index (χ0) is 23.2. The number of hydrogen-bond acceptors (Lipinski definition) is 4. The molecule has 0 radical (unpaired) electrons. The summed E-state index contributed by atoms with van der Waals surface area (Å²) in [6.07, 6.45) is 2.30. The molecule has 3 fully saturated rings. The summed E-state index contributed by atoms with van der Waals surface area (Å²) in [6.45, 7) is 4.49. The van der Waals surface area contributed by atoms with Crippen LogP contribution in [0.25, 0.3) is 0 Å². The van der Waals surface area contributed by atoms with E-state index in [9.17, 15) is 4.79 Å². The van der Waals surface area contributed by atoms with Gasteiger partial charge in [-0.3, -0.25) is 0 Å². The summed E-state index contributed by atoms with van der Waals surface area (Å²) in [6, 6.07) is 29.9. The van der Waals surface area contributed by atoms with Crippen molar-refractivity contribution in [2.45, 2.75) is 29.9 Å². The topological polar surface area (TPSA) is 38.3 Å². The molecular formula is C29H33N2O2S+. The highest BCUT2D eigenvalue weighted by molar-refractivity contribution is 7.99. The molecule has 5 heteroatoms. The molecule has 3 aromatic rings. The summed E-state index contributed by atoms with van der Waals surface area (Å²) >= 11 is 1.93. The van der Waals surface area contributed by atoms with Crippen LogP contribution in [0, 0.1) is 5.92 Å². The highest BCUT2D eigenvalue weighted by Crippen LogP contribution is 2.37. The van der Waals surface area contributed by atoms with Crippen molar-refractivity contribution in [3.63, 3.8) is 0 Å². The van der Waals surface area contributed by atoms with Gasteiger partial charge < -0.3 is 14.5 Å². The number of rotatable bonds is 9. The summed E-state index contributed by atoms with van der Waals surface area (Å²) in [4.78, 5) is 14.8. The Morgan fingerprint density at radius 3 is 2.21 bits per heavy atom. The van der Waals surface area contributed by atoms with E-state index in [1.807, 2.05) is 72.4 Å². The third-order valence-corrected chi connectivity index (χ3v) is 8.33. The van der Waals surface area contributed by atoms with Crippen LogP contribution >= 0.6 is 11.8 Å². The maximum absolute atomic E-state index is 13.5. The number of quaternary nitrogens is 1. The fraction of sp³-hybridized carbons (Fsp3) is 0.345. The largest absolute Gasteiger partial charge is 0.454 e. The number of benzene rings is 3. The van der Waals surface area contributed by atoms with Gasteiger partial charge in [-0.15, -0.1) is 11.8 Å². The van der Waals surface area contributed by atoms with E-state index < -0.39 is 6.04 Å². The molecule has 4 nitrogen and oxygen atoms in total. The van der Waals surface area contributed by atoms with Gasteiger partial charge >= 0.3 is 5.97 Å². The first-order chi connectivity index (χ1) is 16.7. The van der Waals surface area contributed by atoms with Gasteiger partial charge in [0, 0.05) is 35.1 Å². The molecule has 3 saturated heterocycles. The fourth-order valence-corrected chi connectivity index (χ4v) is 6.45. The Kier molecular flexibility index (Phi) is 7.21. The maximum atomic E-state index is 13.5. The van der Waals surface area contributed by atoms with Crippen molar-refractivity contribution >= 4 is 23.4 Å². The normalized spacial score (nSPS) is 24.4. The third kappa shape index (κ3) is 5.48. The number of nitrogens with zero attached hydrogens (tertiary/aromatic N) is 1. The second kappa shape index (κ2) is 10.7. The number of hydrogen-bond donors (Lipinski definition) is 1. The average molecular weight is 474 g/mol. The van der Waals surface area contributed by atoms with E-state index in [0.29, 0.717) is 5.92 Å². The van der Waals surface area contributed by atoms with Crippen molar-refractivity contribution in [1.29, 1.82) is 0 Å². The number of fused-ring (bicyclic) bond motifs is 3. The predicted octanol–water partition coefficient (Wildman–Crippen LogP) is 5.78. The number of carbonyl (C=O) groups is 1. The Balaban J connectivity index is 1.25. The van der Waals surface area contributed by atoms with Gasteiger partial charge in [0.15, 0.2) is 12.1 Å². The lowest BCUT2D eigenvalue weighted by molar-refractivity contribution is -0.943. The molecule has 2 unspecified atom stereocenters. The van der Waals surface area contributed by atoms with E-state index in [4.69, 9.17) is 4.74 Å². The molecule has 0 aliphatic carbocycles. The lowest BCUT2D eigenvalue weighted by Gasteiger charge is -2.52. The van der Waals surface area contributed by atoms with Gasteiger partial charge in [0.25, 0.3) is 0 Å². The lowest BCUT2D eigenvalue weighted by Crippen LogP contribution is -2.65. The molecule has 6 rings (SSSR count). The zero-order valence-corrected chi connectivity index (χ0v) is 20.3. The van der Waals surface area contributed by atoms with E-state index in [-0.39, 0.29) is 12.1 Å². The number of anilines is 1. The Hall–Kier alpha value is -2.76. The molecule has 1 N–H and O–H groups in total. The van der Waals surface area contributed by atoms with Crippen molar-refractivity contribution in [1.82, 2.24) is 0 Å². The summed E-state index contributed by atoms with van der Waals surface area (Å²) < 4.78 is 7.36. The maximum Gasteiger partial charge on any atom is 0.333 e. The van der Waals surface area contributed by atoms with Crippen LogP contribution in [0.1, 0.15) is 24.4 Å². The van der Waals surface area contributed by atoms with Gasteiger partial charge in [0.05, 0.1) is 19.6 Å². The van der Waals surface area contributed by atoms with Crippen LogP contribution in [0.3, 0.4) is 0 Å². The molecule has 3 aliphatic rings. The number of thioether (sulfide) groups is 1. The SMILES string of the molecule is O=C(OC1C[N+]2(CCSc3ccccc3)CCC1CC2)C(Nc1ccccc1)c1ccccc1. The Morgan fingerprint density at radius 2 is 1.53 bits per heavy atom. The number of nitrogens with one attached hydrogen (secondary N) is 1. The summed E-state index contributed by atoms with van der Waals surface area (Å²) in [7, 11) is 0. The first kappa shape index (κ1) is 23.0. The Labute approximate surface area is 206 Å². The van der Waals surface area contributed by atoms with E-state index >= 15 is 0 Å². The van der Waals surface area contributed by atoms with Gasteiger partial charge in [-0.2, -0.15) is 0 Å². The molecule has 0 aromatic heterocycles. The van der Waals surface area contributed by atoms with E-state index in [0.717, 1.165) is 47.4 Å². The monoisotopic (exact) mass is 473 g/mol. The van der Waals surface area contributed by atoms with Gasteiger partial charge in [-0.1, -0.05) is 66.7 Å². The number of para-hydroxylation sites is 1. The first-order valence-electron chi connectivity index (χ1n) is 12.3. The minimum Gasteiger partial charge on any atom is -0.454 e. The second-order valence-electron chi connectivity index (χ2n) is 9.52. The zero-order valence-electron chi connectivity index (χ0n) is 19.5. The highest BCUT2D eigenvalue weighted by atomic mass is 32.2. The smallest absolute Gasteiger partial charge is 0.333 e. The van der Waals surface area contributed by atoms with E-state index in [1.54, 1.807) is 0 Å². The van der Waals surface area contributed by atoms with Crippen LogP contribution in [-0.2, 0) is 9.53 Å². The van der Waals surface area contributed by atoms with E-state index in [1.165, 1.54) is 18.0 Å². The Bertz CT molecular complexity index is 1050. The number of carbonyl (C=O) groups excluding carboxylic acids is 1. The molecule has 0 spiro atoms. The van der Waals surface area contributed by atoms with Crippen LogP contribution in [0.4, 0.5) is 5.69 Å². The molecule has 0 saturated carbocycles. The molecule has 2 atom stereocenters. The van der Waals surface area contributed by atoms with E-state index in [2.05, 4.69) is 35.6 Å². The third-order valence-electron chi connectivity index (χ3n) is 7.34. The molecule has 3 aliphatic heterocycles. The van der Waals surface area contributed by atoms with Gasteiger partial charge in [-0.25, -0.2) is 4.79 Å². The van der Waals surface area contributed by atoms with Crippen LogP contribution in [0.15, 0.2) is 95.9 Å². The first-order valence-corrected chi connectivity index (χ1v) is 13.3. The van der Waals surface area contributed by atoms with Crippen molar-refractivity contribution in [2.75, 3.05) is 37.2 Å². The molecule has 2 bridgehead atoms. The standard InChI is InChI=1S/C29H33N2O2S/c32-29(28(24-10-4-1-5-11-24)30-25-12-6-2-7-13-25)33-27-22-31(18-16-23(27)17-19-31)20-21-34-26-14-8-3-9-15-26/h1-15,23,27-28,30H,16-22H2/q+1. The quantitative estimate of drug-likeness (QED) is 0.243. The fourth-order valence-electron chi connectivity index (χ4n) is 5.39. The number of esters is 1. The molecule has 0 amide bonds. The minimum atomic E-state index is -0.513. The second-order valence-corrected chi connectivity index (χ2v) is 10.7. The predicted molar refractivity (Wildman–Crippen MR) is 139 cm³/mol. The van der Waals surface area contributed by atoms with Crippen molar-refractivity contribution < 1.29 is 14.0 Å². The molecule has 3 heterocycles. The molecular weight excluding hydrogens is 440 g/mol. The minimum absolute atomic E-state index is 0.000473. The summed E-state index contributed by atoms with van der Waals surface area (Å²) in [5.74, 6) is 1.40. The van der Waals surface area contributed by atoms with Gasteiger partial charge in [0.1, 0.15) is 6.54 Å². The van der Waals surface area contributed by atoms with Crippen LogP contribution in [-0.4, -0.2) is 48.5 Å². The van der Waals surface area contributed by atoms with Crippen molar-refractivity contribution in [2.24, 2.45) is 5.92 Å². The van der Waals surface area contributed by atoms with Crippen molar-refractivity contribution in [3.8, 4) is 0 Å². The van der Waals surface area contributed by atoms with Crippen LogP contribution in [0.2, 0.25) is 0 Å². The Morgan fingerprint density at radius 1 is 0.912 bits per heavy atom. The average Bonchev–Trinajstić information content (AvgIpc) is 2.89. The number of ether oxygens (including phenoxy) is 1. The molecule has 3 aromatic carbocycles. The summed E-state index contributed by atoms with van der Waals surface area (Å²) in [5.41, 5.74) is 1.85. The van der Waals surface area contributed by atoms with Crippen LogP contribution < -0.4 is 5.32 Å². The van der Waals surface area contributed by atoms with Gasteiger partial charge in [0.2, 0.25) is 0 Å². The lowest BCUT2D eigenvalue weighted by atomic mass is 9.83. The van der Waals surface area contributed by atoms with Crippen molar-refractivity contribution in [3.05, 3.63) is 96.6 Å². The van der Waals surface area contributed by atoms with Gasteiger partial charge in [-0.05, 0) is 29.8 Å².